The summed E-state index contributed by atoms with van der Waals surface area (Å²) in [6, 6.07) is -0.801. The Kier molecular flexibility index (Phi) is 4.28. The molecule has 2 fully saturated rings. The number of piperidine rings is 1. The molecule has 5 nitrogen and oxygen atoms in total. The molecule has 2 heterocycles. The fraction of sp³-hybridized carbons (Fsp3) is 0.562. The highest BCUT2D eigenvalue weighted by atomic mass is 19.1. The molecule has 0 spiro atoms. The summed E-state index contributed by atoms with van der Waals surface area (Å²) in [6.07, 6.45) is 1.77. The van der Waals surface area contributed by atoms with Crippen LogP contribution in [0.3, 0.4) is 0 Å². The van der Waals surface area contributed by atoms with E-state index < -0.39 is 29.5 Å². The Balaban J connectivity index is 1.94. The van der Waals surface area contributed by atoms with Gasteiger partial charge in [-0.05, 0) is 31.3 Å². The molecule has 1 aliphatic carbocycles. The lowest BCUT2D eigenvalue weighted by atomic mass is 9.88. The van der Waals surface area contributed by atoms with Crippen LogP contribution < -0.4 is 5.32 Å². The second kappa shape index (κ2) is 6.22. The summed E-state index contributed by atoms with van der Waals surface area (Å²) >= 11 is 0. The van der Waals surface area contributed by atoms with Crippen molar-refractivity contribution in [3.63, 3.8) is 0 Å². The first kappa shape index (κ1) is 15.8. The maximum Gasteiger partial charge on any atom is 0.257 e. The van der Waals surface area contributed by atoms with Crippen LogP contribution in [-0.4, -0.2) is 35.2 Å². The van der Waals surface area contributed by atoms with E-state index in [4.69, 9.17) is 0 Å². The van der Waals surface area contributed by atoms with Crippen molar-refractivity contribution >= 4 is 17.7 Å². The summed E-state index contributed by atoms with van der Waals surface area (Å²) in [5.74, 6) is -2.59. The quantitative estimate of drug-likeness (QED) is 0.751. The number of amides is 3. The maximum atomic E-state index is 14.2. The standard InChI is InChI=1S/C16H18F2N2O3/c17-10-4-5-11(18)14-9(10)3-1-2-8-20(16(14)23)12-6-7-13(21)19-15(12)22/h12H,1-8H2,(H,19,21,22). The van der Waals surface area contributed by atoms with Crippen LogP contribution in [0.4, 0.5) is 8.78 Å². The molecule has 0 saturated carbocycles. The van der Waals surface area contributed by atoms with Crippen molar-refractivity contribution in [3.05, 3.63) is 22.8 Å². The van der Waals surface area contributed by atoms with Crippen molar-refractivity contribution in [2.45, 2.75) is 51.0 Å². The number of nitrogens with zero attached hydrogens (tertiary/aromatic N) is 1. The van der Waals surface area contributed by atoms with Crippen LogP contribution in [0, 0.1) is 0 Å². The first-order chi connectivity index (χ1) is 11.0. The Bertz CT molecular complexity index is 639. The molecular weight excluding hydrogens is 306 g/mol. The lowest BCUT2D eigenvalue weighted by Crippen LogP contribution is -2.55. The zero-order valence-electron chi connectivity index (χ0n) is 12.7. The molecule has 1 unspecified atom stereocenters. The second-order valence-electron chi connectivity index (χ2n) is 6.09. The SMILES string of the molecule is O=C1CCC(N2CCCCC3=C(F)CCC(F)=C3C2=O)C(=O)N1. The molecule has 7 heteroatoms. The Morgan fingerprint density at radius 3 is 2.43 bits per heavy atom. The summed E-state index contributed by atoms with van der Waals surface area (Å²) in [5, 5.41) is 2.21. The van der Waals surface area contributed by atoms with E-state index in [1.165, 1.54) is 4.90 Å². The van der Waals surface area contributed by atoms with Gasteiger partial charge < -0.3 is 4.90 Å². The van der Waals surface area contributed by atoms with Crippen LogP contribution in [0.5, 0.6) is 0 Å². The van der Waals surface area contributed by atoms with Gasteiger partial charge in [0.2, 0.25) is 11.8 Å². The molecule has 23 heavy (non-hydrogen) atoms. The number of carbonyl (C=O) groups excluding carboxylic acids is 3. The fourth-order valence-electron chi connectivity index (χ4n) is 3.41. The summed E-state index contributed by atoms with van der Waals surface area (Å²) < 4.78 is 28.3. The largest absolute Gasteiger partial charge is 0.327 e. The van der Waals surface area contributed by atoms with Gasteiger partial charge in [-0.1, -0.05) is 0 Å². The van der Waals surface area contributed by atoms with Crippen LogP contribution in [0.15, 0.2) is 22.8 Å². The van der Waals surface area contributed by atoms with Crippen molar-refractivity contribution in [3.8, 4) is 0 Å². The van der Waals surface area contributed by atoms with Crippen molar-refractivity contribution in [2.24, 2.45) is 0 Å². The number of nitrogens with one attached hydrogen (secondary N) is 1. The summed E-state index contributed by atoms with van der Waals surface area (Å²) in [7, 11) is 0. The predicted molar refractivity (Wildman–Crippen MR) is 77.2 cm³/mol. The van der Waals surface area contributed by atoms with E-state index in [-0.39, 0.29) is 42.7 Å². The zero-order chi connectivity index (χ0) is 16.6. The Hall–Kier alpha value is -2.05. The minimum Gasteiger partial charge on any atom is -0.327 e. The van der Waals surface area contributed by atoms with E-state index in [1.807, 2.05) is 0 Å². The van der Waals surface area contributed by atoms with E-state index >= 15 is 0 Å². The minimum atomic E-state index is -0.801. The average Bonchev–Trinajstić information content (AvgIpc) is 2.49. The van der Waals surface area contributed by atoms with Crippen LogP contribution in [0.25, 0.3) is 0 Å². The highest BCUT2D eigenvalue weighted by Gasteiger charge is 2.39. The molecule has 1 N–H and O–H groups in total. The third-order valence-corrected chi connectivity index (χ3v) is 4.60. The molecule has 2 aliphatic heterocycles. The van der Waals surface area contributed by atoms with Gasteiger partial charge in [0.1, 0.15) is 17.7 Å². The summed E-state index contributed by atoms with van der Waals surface area (Å²) in [6.45, 7) is 0.302. The molecule has 1 atom stereocenters. The van der Waals surface area contributed by atoms with E-state index in [1.54, 1.807) is 0 Å². The molecule has 124 valence electrons. The lowest BCUT2D eigenvalue weighted by molar-refractivity contribution is -0.144. The van der Waals surface area contributed by atoms with Gasteiger partial charge in [-0.25, -0.2) is 8.78 Å². The second-order valence-corrected chi connectivity index (χ2v) is 6.09. The minimum absolute atomic E-state index is 0.0175. The van der Waals surface area contributed by atoms with Gasteiger partial charge in [0.05, 0.1) is 5.57 Å². The van der Waals surface area contributed by atoms with Crippen LogP contribution >= 0.6 is 0 Å². The van der Waals surface area contributed by atoms with E-state index in [2.05, 4.69) is 5.32 Å². The fourth-order valence-corrected chi connectivity index (χ4v) is 3.41. The molecule has 3 amide bonds. The maximum absolute atomic E-state index is 14.2. The number of hydrogen-bond donors (Lipinski definition) is 1. The predicted octanol–water partition coefficient (Wildman–Crippen LogP) is 2.05. The number of rotatable bonds is 1. The van der Waals surface area contributed by atoms with Crippen LogP contribution in [0.2, 0.25) is 0 Å². The van der Waals surface area contributed by atoms with Gasteiger partial charge in [-0.15, -0.1) is 0 Å². The third kappa shape index (κ3) is 2.92. The van der Waals surface area contributed by atoms with Gasteiger partial charge in [0.15, 0.2) is 0 Å². The summed E-state index contributed by atoms with van der Waals surface area (Å²) in [5.41, 5.74) is -0.0612. The zero-order valence-corrected chi connectivity index (χ0v) is 12.7. The molecule has 0 radical (unpaired) electrons. The Morgan fingerprint density at radius 2 is 1.70 bits per heavy atom. The topological polar surface area (TPSA) is 66.5 Å². The van der Waals surface area contributed by atoms with Crippen LogP contribution in [-0.2, 0) is 14.4 Å². The lowest BCUT2D eigenvalue weighted by Gasteiger charge is -2.36. The van der Waals surface area contributed by atoms with Crippen molar-refractivity contribution < 1.29 is 23.2 Å². The van der Waals surface area contributed by atoms with Crippen molar-refractivity contribution in [1.29, 1.82) is 0 Å². The van der Waals surface area contributed by atoms with E-state index in [0.29, 0.717) is 25.8 Å². The normalized spacial score (nSPS) is 26.8. The number of hydrogen-bond acceptors (Lipinski definition) is 3. The molecule has 0 bridgehead atoms. The van der Waals surface area contributed by atoms with Crippen molar-refractivity contribution in [2.75, 3.05) is 6.54 Å². The number of carbonyl (C=O) groups is 3. The molecule has 3 aliphatic rings. The highest BCUT2D eigenvalue weighted by Crippen LogP contribution is 2.37. The molecular formula is C16H18F2N2O3. The number of likely N-dealkylation sites (tertiary alicyclic amines) is 1. The molecule has 0 aromatic carbocycles. The Labute approximate surface area is 132 Å². The first-order valence-corrected chi connectivity index (χ1v) is 7.90. The van der Waals surface area contributed by atoms with Gasteiger partial charge in [0, 0.05) is 25.8 Å². The van der Waals surface area contributed by atoms with E-state index in [0.717, 1.165) is 0 Å². The van der Waals surface area contributed by atoms with Gasteiger partial charge in [0.25, 0.3) is 5.91 Å². The average molecular weight is 324 g/mol. The number of fused-ring (bicyclic) bond motifs is 1. The number of imide groups is 1. The monoisotopic (exact) mass is 324 g/mol. The number of halogens is 2. The van der Waals surface area contributed by atoms with Gasteiger partial charge in [-0.3, -0.25) is 19.7 Å². The molecule has 2 saturated heterocycles. The van der Waals surface area contributed by atoms with Gasteiger partial charge >= 0.3 is 0 Å². The smallest absolute Gasteiger partial charge is 0.257 e. The van der Waals surface area contributed by atoms with E-state index in [9.17, 15) is 23.2 Å². The Morgan fingerprint density at radius 1 is 0.957 bits per heavy atom. The first-order valence-electron chi connectivity index (χ1n) is 7.90. The molecule has 0 aromatic rings. The van der Waals surface area contributed by atoms with Crippen molar-refractivity contribution in [1.82, 2.24) is 10.2 Å². The third-order valence-electron chi connectivity index (χ3n) is 4.60. The number of allylic oxidation sites excluding steroid dienone is 2. The van der Waals surface area contributed by atoms with Gasteiger partial charge in [-0.2, -0.15) is 0 Å². The molecule has 0 aromatic heterocycles. The highest BCUT2D eigenvalue weighted by molar-refractivity contribution is 6.05. The van der Waals surface area contributed by atoms with Crippen LogP contribution in [0.1, 0.15) is 44.9 Å². The summed E-state index contributed by atoms with van der Waals surface area (Å²) in [4.78, 5) is 37.4. The molecule has 3 rings (SSSR count).